The average molecular weight is 288 g/mol. The summed E-state index contributed by atoms with van der Waals surface area (Å²) in [5.41, 5.74) is 0.977. The van der Waals surface area contributed by atoms with E-state index >= 15 is 0 Å². The largest absolute Gasteiger partial charge is 0.494 e. The van der Waals surface area contributed by atoms with Crippen molar-refractivity contribution in [2.75, 3.05) is 31.6 Å². The lowest BCUT2D eigenvalue weighted by Gasteiger charge is -2.19. The molecule has 1 aromatic carbocycles. The summed E-state index contributed by atoms with van der Waals surface area (Å²) in [6.45, 7) is 11.6. The van der Waals surface area contributed by atoms with E-state index in [0.717, 1.165) is 11.4 Å². The third-order valence-electron chi connectivity index (χ3n) is 2.88. The third-order valence-corrected chi connectivity index (χ3v) is 2.88. The smallest absolute Gasteiger partial charge is 0.224 e. The molecule has 114 valence electrons. The van der Waals surface area contributed by atoms with Gasteiger partial charge in [-0.1, -0.05) is 12.2 Å². The molecule has 21 heavy (non-hydrogen) atoms. The molecule has 0 bridgehead atoms. The van der Waals surface area contributed by atoms with Gasteiger partial charge < -0.3 is 15.0 Å². The van der Waals surface area contributed by atoms with E-state index in [1.54, 1.807) is 17.1 Å². The number of hydrogen-bond acceptors (Lipinski definition) is 3. The second-order valence-corrected chi connectivity index (χ2v) is 4.51. The minimum absolute atomic E-state index is 0.0910. The first-order valence-electron chi connectivity index (χ1n) is 7.17. The third kappa shape index (κ3) is 6.17. The number of anilines is 1. The number of carbonyl (C=O) groups excluding carboxylic acids is 1. The fourth-order valence-electron chi connectivity index (χ4n) is 1.90. The molecule has 1 amide bonds. The number of nitrogens with one attached hydrogen (secondary N) is 1. The molecular weight excluding hydrogens is 264 g/mol. The highest BCUT2D eigenvalue weighted by Crippen LogP contribution is 2.15. The van der Waals surface area contributed by atoms with Gasteiger partial charge in [-0.15, -0.1) is 13.2 Å². The summed E-state index contributed by atoms with van der Waals surface area (Å²) in [6, 6.07) is 7.71. The summed E-state index contributed by atoms with van der Waals surface area (Å²) in [5.74, 6) is 0.940. The monoisotopic (exact) mass is 288 g/mol. The normalized spacial score (nSPS) is 9.76. The minimum atomic E-state index is 0.0910. The highest BCUT2D eigenvalue weighted by atomic mass is 16.5. The molecule has 0 saturated carbocycles. The van der Waals surface area contributed by atoms with Gasteiger partial charge in [0.2, 0.25) is 5.91 Å². The van der Waals surface area contributed by atoms with Crippen LogP contribution in [0, 0.1) is 0 Å². The lowest BCUT2D eigenvalue weighted by atomic mass is 10.3. The van der Waals surface area contributed by atoms with Crippen molar-refractivity contribution >= 4 is 11.6 Å². The standard InChI is InChI=1S/C17H24N2O2/c1-4-13-19(14-5-2)17(20)11-12-18-15-7-9-16(10-8-15)21-6-3/h4-5,7-10,18H,1-2,6,11-14H2,3H3. The van der Waals surface area contributed by atoms with Gasteiger partial charge >= 0.3 is 0 Å². The van der Waals surface area contributed by atoms with Gasteiger partial charge in [-0.2, -0.15) is 0 Å². The Morgan fingerprint density at radius 1 is 1.24 bits per heavy atom. The zero-order valence-electron chi connectivity index (χ0n) is 12.7. The maximum atomic E-state index is 12.0. The predicted molar refractivity (Wildman–Crippen MR) is 87.7 cm³/mol. The van der Waals surface area contributed by atoms with Gasteiger partial charge in [0.05, 0.1) is 6.61 Å². The molecule has 0 aromatic heterocycles. The molecule has 1 N–H and O–H groups in total. The molecule has 4 heteroatoms. The van der Waals surface area contributed by atoms with Gasteiger partial charge in [-0.25, -0.2) is 0 Å². The van der Waals surface area contributed by atoms with Crippen molar-refractivity contribution < 1.29 is 9.53 Å². The van der Waals surface area contributed by atoms with Crippen LogP contribution in [-0.4, -0.2) is 37.0 Å². The molecule has 0 aliphatic carbocycles. The molecule has 0 heterocycles. The van der Waals surface area contributed by atoms with E-state index < -0.39 is 0 Å². The second kappa shape index (κ2) is 9.64. The second-order valence-electron chi connectivity index (χ2n) is 4.51. The van der Waals surface area contributed by atoms with E-state index in [1.807, 2.05) is 31.2 Å². The van der Waals surface area contributed by atoms with Crippen LogP contribution in [0.5, 0.6) is 5.75 Å². The van der Waals surface area contributed by atoms with Crippen LogP contribution in [0.15, 0.2) is 49.6 Å². The number of ether oxygens (including phenoxy) is 1. The number of nitrogens with zero attached hydrogens (tertiary/aromatic N) is 1. The Bertz CT molecular complexity index is 444. The van der Waals surface area contributed by atoms with Crippen LogP contribution in [0.25, 0.3) is 0 Å². The number of carbonyl (C=O) groups is 1. The Morgan fingerprint density at radius 3 is 2.38 bits per heavy atom. The summed E-state index contributed by atoms with van der Waals surface area (Å²) in [4.78, 5) is 13.7. The van der Waals surface area contributed by atoms with Crippen LogP contribution in [0.4, 0.5) is 5.69 Å². The van der Waals surface area contributed by atoms with Crippen molar-refractivity contribution in [2.24, 2.45) is 0 Å². The Kier molecular flexibility index (Phi) is 7.72. The van der Waals surface area contributed by atoms with Crippen LogP contribution < -0.4 is 10.1 Å². The number of amides is 1. The van der Waals surface area contributed by atoms with Crippen molar-refractivity contribution in [3.05, 3.63) is 49.6 Å². The average Bonchev–Trinajstić information content (AvgIpc) is 2.49. The highest BCUT2D eigenvalue weighted by Gasteiger charge is 2.09. The van der Waals surface area contributed by atoms with Gasteiger partial charge in [0, 0.05) is 31.7 Å². The quantitative estimate of drug-likeness (QED) is 0.673. The molecular formula is C17H24N2O2. The summed E-state index contributed by atoms with van der Waals surface area (Å²) in [5, 5.41) is 3.23. The fraction of sp³-hybridized carbons (Fsp3) is 0.353. The van der Waals surface area contributed by atoms with Crippen LogP contribution in [0.1, 0.15) is 13.3 Å². The lowest BCUT2D eigenvalue weighted by Crippen LogP contribution is -2.32. The first-order chi connectivity index (χ1) is 10.2. The molecule has 0 aliphatic heterocycles. The number of hydrogen-bond donors (Lipinski definition) is 1. The van der Waals surface area contributed by atoms with Gasteiger partial charge in [-0.3, -0.25) is 4.79 Å². The maximum Gasteiger partial charge on any atom is 0.224 e. The zero-order valence-corrected chi connectivity index (χ0v) is 12.7. The van der Waals surface area contributed by atoms with Gasteiger partial charge in [0.15, 0.2) is 0 Å². The van der Waals surface area contributed by atoms with Crippen molar-refractivity contribution in [3.63, 3.8) is 0 Å². The van der Waals surface area contributed by atoms with E-state index in [-0.39, 0.29) is 5.91 Å². The van der Waals surface area contributed by atoms with Gasteiger partial charge in [0.1, 0.15) is 5.75 Å². The van der Waals surface area contributed by atoms with E-state index in [9.17, 15) is 4.79 Å². The summed E-state index contributed by atoms with van der Waals surface area (Å²) >= 11 is 0. The van der Waals surface area contributed by atoms with E-state index in [0.29, 0.717) is 32.7 Å². The Balaban J connectivity index is 2.39. The SMILES string of the molecule is C=CCN(CC=C)C(=O)CCNc1ccc(OCC)cc1. The molecule has 0 saturated heterocycles. The molecule has 0 spiro atoms. The molecule has 1 aromatic rings. The summed E-state index contributed by atoms with van der Waals surface area (Å²) < 4.78 is 5.38. The Morgan fingerprint density at radius 2 is 1.86 bits per heavy atom. The number of benzene rings is 1. The van der Waals surface area contributed by atoms with Gasteiger partial charge in [-0.05, 0) is 31.2 Å². The molecule has 0 fully saturated rings. The minimum Gasteiger partial charge on any atom is -0.494 e. The fourth-order valence-corrected chi connectivity index (χ4v) is 1.90. The zero-order chi connectivity index (χ0) is 15.5. The molecule has 1 rings (SSSR count). The molecule has 4 nitrogen and oxygen atoms in total. The van der Waals surface area contributed by atoms with Crippen molar-refractivity contribution in [1.29, 1.82) is 0 Å². The maximum absolute atomic E-state index is 12.0. The molecule has 0 aliphatic rings. The first kappa shape index (κ1) is 16.8. The van der Waals surface area contributed by atoms with Crippen LogP contribution >= 0.6 is 0 Å². The first-order valence-corrected chi connectivity index (χ1v) is 7.17. The molecule has 0 radical (unpaired) electrons. The van der Waals surface area contributed by atoms with E-state index in [1.165, 1.54) is 0 Å². The predicted octanol–water partition coefficient (Wildman–Crippen LogP) is 3.09. The van der Waals surface area contributed by atoms with Crippen molar-refractivity contribution in [3.8, 4) is 5.75 Å². The van der Waals surface area contributed by atoms with E-state index in [2.05, 4.69) is 18.5 Å². The van der Waals surface area contributed by atoms with Crippen LogP contribution in [-0.2, 0) is 4.79 Å². The number of rotatable bonds is 10. The van der Waals surface area contributed by atoms with E-state index in [4.69, 9.17) is 4.74 Å². The molecule has 0 atom stereocenters. The van der Waals surface area contributed by atoms with Crippen molar-refractivity contribution in [1.82, 2.24) is 4.90 Å². The Labute approximate surface area is 127 Å². The van der Waals surface area contributed by atoms with Crippen molar-refractivity contribution in [2.45, 2.75) is 13.3 Å². The topological polar surface area (TPSA) is 41.6 Å². The van der Waals surface area contributed by atoms with Gasteiger partial charge in [0.25, 0.3) is 0 Å². The molecule has 0 unspecified atom stereocenters. The Hall–Kier alpha value is -2.23. The summed E-state index contributed by atoms with van der Waals surface area (Å²) in [7, 11) is 0. The highest BCUT2D eigenvalue weighted by molar-refractivity contribution is 5.77. The van der Waals surface area contributed by atoms with Crippen LogP contribution in [0.2, 0.25) is 0 Å². The lowest BCUT2D eigenvalue weighted by molar-refractivity contribution is -0.129. The summed E-state index contributed by atoms with van der Waals surface area (Å²) in [6.07, 6.45) is 3.89. The van der Waals surface area contributed by atoms with Crippen LogP contribution in [0.3, 0.4) is 0 Å².